The molecule has 0 radical (unpaired) electrons. The van der Waals surface area contributed by atoms with Crippen LogP contribution < -0.4 is 10.6 Å². The molecule has 6 nitrogen and oxygen atoms in total. The number of amides is 2. The van der Waals surface area contributed by atoms with Crippen LogP contribution in [0.2, 0.25) is 5.02 Å². The second-order valence-electron chi connectivity index (χ2n) is 6.20. The molecule has 0 aliphatic heterocycles. The Morgan fingerprint density at radius 3 is 2.59 bits per heavy atom. The van der Waals surface area contributed by atoms with Crippen molar-refractivity contribution in [3.05, 3.63) is 69.7 Å². The molecule has 3 rings (SSSR count). The summed E-state index contributed by atoms with van der Waals surface area (Å²) in [4.78, 5) is 29.9. The van der Waals surface area contributed by atoms with Crippen molar-refractivity contribution in [2.75, 3.05) is 25.6 Å². The highest BCUT2D eigenvalue weighted by atomic mass is 35.5. The molecular weight excluding hydrogens is 410 g/mol. The normalized spacial score (nSPS) is 10.6. The van der Waals surface area contributed by atoms with Gasteiger partial charge in [-0.15, -0.1) is 11.3 Å². The van der Waals surface area contributed by atoms with Gasteiger partial charge in [0.25, 0.3) is 11.8 Å². The summed E-state index contributed by atoms with van der Waals surface area (Å²) in [5, 5.41) is 6.57. The van der Waals surface area contributed by atoms with Crippen LogP contribution >= 0.6 is 22.9 Å². The Kier molecular flexibility index (Phi) is 6.98. The standard InChI is InChI=1S/C21H20ClN3O3S/c1-13-18(29-21(24-13)14-6-4-3-5-7-14)20(27)25-15-8-9-16(17(22)12-15)19(26)23-10-11-28-2/h3-9,12H,10-11H2,1-2H3,(H,23,26)(H,25,27). The fraction of sp³-hybridized carbons (Fsp3) is 0.190. The van der Waals surface area contributed by atoms with E-state index in [1.165, 1.54) is 11.3 Å². The lowest BCUT2D eigenvalue weighted by Crippen LogP contribution is -2.27. The molecule has 0 unspecified atom stereocenters. The van der Waals surface area contributed by atoms with Crippen molar-refractivity contribution < 1.29 is 14.3 Å². The molecular formula is C21H20ClN3O3S. The molecule has 29 heavy (non-hydrogen) atoms. The fourth-order valence-corrected chi connectivity index (χ4v) is 3.87. The van der Waals surface area contributed by atoms with Gasteiger partial charge in [0, 0.05) is 24.9 Å². The Labute approximate surface area is 177 Å². The van der Waals surface area contributed by atoms with Crippen molar-refractivity contribution in [1.29, 1.82) is 0 Å². The molecule has 0 saturated heterocycles. The quantitative estimate of drug-likeness (QED) is 0.545. The number of carbonyl (C=O) groups is 2. The van der Waals surface area contributed by atoms with Crippen molar-refractivity contribution in [2.24, 2.45) is 0 Å². The van der Waals surface area contributed by atoms with Crippen LogP contribution in [0.5, 0.6) is 0 Å². The molecule has 1 heterocycles. The first-order valence-electron chi connectivity index (χ1n) is 8.90. The third-order valence-corrected chi connectivity index (χ3v) is 5.60. The number of nitrogens with zero attached hydrogens (tertiary/aromatic N) is 1. The molecule has 0 aliphatic carbocycles. The molecule has 0 bridgehead atoms. The number of carbonyl (C=O) groups excluding carboxylic acids is 2. The lowest BCUT2D eigenvalue weighted by molar-refractivity contribution is 0.0937. The van der Waals surface area contributed by atoms with E-state index in [2.05, 4.69) is 15.6 Å². The van der Waals surface area contributed by atoms with Gasteiger partial charge in [0.15, 0.2) is 0 Å². The first-order chi connectivity index (χ1) is 14.0. The molecule has 0 aliphatic rings. The summed E-state index contributed by atoms with van der Waals surface area (Å²) in [5.41, 5.74) is 2.46. The molecule has 3 aromatic rings. The average Bonchev–Trinajstić information content (AvgIpc) is 3.11. The zero-order valence-corrected chi connectivity index (χ0v) is 17.6. The van der Waals surface area contributed by atoms with Gasteiger partial charge in [-0.25, -0.2) is 4.98 Å². The molecule has 1 aromatic heterocycles. The number of ether oxygens (including phenoxy) is 1. The van der Waals surface area contributed by atoms with Crippen molar-refractivity contribution >= 4 is 40.4 Å². The van der Waals surface area contributed by atoms with E-state index in [9.17, 15) is 9.59 Å². The summed E-state index contributed by atoms with van der Waals surface area (Å²) in [5.74, 6) is -0.564. The number of benzene rings is 2. The molecule has 0 atom stereocenters. The third kappa shape index (κ3) is 5.20. The predicted octanol–water partition coefficient (Wildman–Crippen LogP) is 4.40. The van der Waals surface area contributed by atoms with Crippen LogP contribution in [0, 0.1) is 6.92 Å². The van der Waals surface area contributed by atoms with Crippen molar-refractivity contribution in [2.45, 2.75) is 6.92 Å². The van der Waals surface area contributed by atoms with Gasteiger partial charge < -0.3 is 15.4 Å². The highest BCUT2D eigenvalue weighted by molar-refractivity contribution is 7.17. The SMILES string of the molecule is COCCNC(=O)c1ccc(NC(=O)c2sc(-c3ccccc3)nc2C)cc1Cl. The predicted molar refractivity (Wildman–Crippen MR) is 116 cm³/mol. The van der Waals surface area contributed by atoms with E-state index in [0.717, 1.165) is 10.6 Å². The molecule has 0 fully saturated rings. The van der Waals surface area contributed by atoms with Crippen molar-refractivity contribution in [3.8, 4) is 10.6 Å². The van der Waals surface area contributed by atoms with Gasteiger partial charge in [0.1, 0.15) is 9.88 Å². The van der Waals surface area contributed by atoms with E-state index in [-0.39, 0.29) is 16.8 Å². The largest absolute Gasteiger partial charge is 0.383 e. The molecule has 0 spiro atoms. The maximum Gasteiger partial charge on any atom is 0.267 e. The molecule has 2 N–H and O–H groups in total. The summed E-state index contributed by atoms with van der Waals surface area (Å²) in [6.07, 6.45) is 0. The Morgan fingerprint density at radius 1 is 1.14 bits per heavy atom. The Morgan fingerprint density at radius 2 is 1.90 bits per heavy atom. The first kappa shape index (κ1) is 21.0. The van der Waals surface area contributed by atoms with Gasteiger partial charge >= 0.3 is 0 Å². The lowest BCUT2D eigenvalue weighted by atomic mass is 10.2. The number of hydrogen-bond acceptors (Lipinski definition) is 5. The van der Waals surface area contributed by atoms with Gasteiger partial charge in [0.05, 0.1) is 22.9 Å². The van der Waals surface area contributed by atoms with E-state index in [1.54, 1.807) is 32.2 Å². The topological polar surface area (TPSA) is 80.3 Å². The highest BCUT2D eigenvalue weighted by Gasteiger charge is 2.17. The molecule has 2 amide bonds. The highest BCUT2D eigenvalue weighted by Crippen LogP contribution is 2.29. The van der Waals surface area contributed by atoms with Crippen LogP contribution in [0.3, 0.4) is 0 Å². The zero-order valence-electron chi connectivity index (χ0n) is 16.0. The van der Waals surface area contributed by atoms with E-state index >= 15 is 0 Å². The number of halogens is 1. The second kappa shape index (κ2) is 9.65. The molecule has 2 aromatic carbocycles. The van der Waals surface area contributed by atoms with Gasteiger partial charge in [0.2, 0.25) is 0 Å². The number of thiazole rings is 1. The van der Waals surface area contributed by atoms with Crippen LogP contribution in [0.1, 0.15) is 25.7 Å². The maximum absolute atomic E-state index is 12.7. The van der Waals surface area contributed by atoms with Gasteiger partial charge in [-0.1, -0.05) is 41.9 Å². The van der Waals surface area contributed by atoms with Gasteiger partial charge in [-0.05, 0) is 25.1 Å². The summed E-state index contributed by atoms with van der Waals surface area (Å²) in [7, 11) is 1.56. The Hall–Kier alpha value is -2.74. The van der Waals surface area contributed by atoms with E-state index in [4.69, 9.17) is 16.3 Å². The third-order valence-electron chi connectivity index (χ3n) is 4.09. The van der Waals surface area contributed by atoms with Crippen LogP contribution in [-0.4, -0.2) is 37.1 Å². The summed E-state index contributed by atoms with van der Waals surface area (Å²) < 4.78 is 4.90. The van der Waals surface area contributed by atoms with E-state index in [1.807, 2.05) is 30.3 Å². The summed E-state index contributed by atoms with van der Waals surface area (Å²) >= 11 is 7.56. The van der Waals surface area contributed by atoms with Gasteiger partial charge in [-0.2, -0.15) is 0 Å². The number of rotatable bonds is 7. The smallest absolute Gasteiger partial charge is 0.267 e. The molecule has 8 heteroatoms. The fourth-order valence-electron chi connectivity index (χ4n) is 2.64. The average molecular weight is 430 g/mol. The Bertz CT molecular complexity index is 1020. The second-order valence-corrected chi connectivity index (χ2v) is 7.60. The summed E-state index contributed by atoms with van der Waals surface area (Å²) in [6.45, 7) is 2.60. The number of aromatic nitrogens is 1. The number of aryl methyl sites for hydroxylation is 1. The molecule has 0 saturated carbocycles. The van der Waals surface area contributed by atoms with Crippen LogP contribution in [-0.2, 0) is 4.74 Å². The van der Waals surface area contributed by atoms with Crippen molar-refractivity contribution in [3.63, 3.8) is 0 Å². The van der Waals surface area contributed by atoms with E-state index in [0.29, 0.717) is 35.0 Å². The lowest BCUT2D eigenvalue weighted by Gasteiger charge is -2.09. The number of methoxy groups -OCH3 is 1. The van der Waals surface area contributed by atoms with Crippen LogP contribution in [0.4, 0.5) is 5.69 Å². The number of nitrogens with one attached hydrogen (secondary N) is 2. The maximum atomic E-state index is 12.7. The first-order valence-corrected chi connectivity index (χ1v) is 10.1. The number of hydrogen-bond donors (Lipinski definition) is 2. The molecule has 150 valence electrons. The van der Waals surface area contributed by atoms with Crippen molar-refractivity contribution in [1.82, 2.24) is 10.3 Å². The van der Waals surface area contributed by atoms with Gasteiger partial charge in [-0.3, -0.25) is 9.59 Å². The Balaban J connectivity index is 1.72. The van der Waals surface area contributed by atoms with Crippen LogP contribution in [0.15, 0.2) is 48.5 Å². The monoisotopic (exact) mass is 429 g/mol. The minimum absolute atomic E-state index is 0.253. The van der Waals surface area contributed by atoms with Crippen LogP contribution in [0.25, 0.3) is 10.6 Å². The van der Waals surface area contributed by atoms with E-state index < -0.39 is 0 Å². The number of anilines is 1. The minimum atomic E-state index is -0.296. The zero-order chi connectivity index (χ0) is 20.8. The minimum Gasteiger partial charge on any atom is -0.383 e. The summed E-state index contributed by atoms with van der Waals surface area (Å²) in [6, 6.07) is 14.5.